The summed E-state index contributed by atoms with van der Waals surface area (Å²) in [6.45, 7) is 5.70. The first-order valence-corrected chi connectivity index (χ1v) is 29.2. The average Bonchev–Trinajstić information content (AvgIpc) is 3.38. The zero-order valence-corrected chi connectivity index (χ0v) is 45.8. The van der Waals surface area contributed by atoms with Gasteiger partial charge in [0.25, 0.3) is 0 Å². The Hall–Kier alpha value is -2.90. The number of hydrogen-bond donors (Lipinski definition) is 6. The Kier molecular flexibility index (Phi) is 45.7. The van der Waals surface area contributed by atoms with Crippen LogP contribution in [0.15, 0.2) is 72.9 Å². The van der Waals surface area contributed by atoms with Gasteiger partial charge in [-0.15, -0.1) is 0 Å². The van der Waals surface area contributed by atoms with Crippen LogP contribution in [0.1, 0.15) is 239 Å². The monoisotopic (exact) mass is 1010 g/mol. The van der Waals surface area contributed by atoms with Gasteiger partial charge in [0.05, 0.1) is 25.4 Å². The molecule has 1 aliphatic heterocycles. The van der Waals surface area contributed by atoms with E-state index in [2.05, 4.69) is 86.8 Å². The van der Waals surface area contributed by atoms with Crippen LogP contribution in [0.25, 0.3) is 0 Å². The molecule has 0 radical (unpaired) electrons. The molecule has 8 unspecified atom stereocenters. The summed E-state index contributed by atoms with van der Waals surface area (Å²) in [7, 11) is 0. The highest BCUT2D eigenvalue weighted by molar-refractivity contribution is 5.80. The van der Waals surface area contributed by atoms with Gasteiger partial charge >= 0.3 is 5.97 Å². The molecule has 416 valence electrons. The van der Waals surface area contributed by atoms with Crippen molar-refractivity contribution in [3.8, 4) is 0 Å². The summed E-state index contributed by atoms with van der Waals surface area (Å²) >= 11 is 0. The molecule has 0 aromatic rings. The molecule has 11 heteroatoms. The molecule has 1 fully saturated rings. The Morgan fingerprint density at radius 2 is 0.958 bits per heavy atom. The second-order valence-electron chi connectivity index (χ2n) is 20.0. The quantitative estimate of drug-likeness (QED) is 0.0195. The maximum Gasteiger partial charge on any atom is 0.306 e. The molecule has 0 saturated carbocycles. The SMILES string of the molecule is CCCCC/C=C\C/C=C\C/C=C\C/C=C\CCCCCC(=O)OC1C(OCC(NC(=O)C(O)CCCC/C=C\CCCCCCCCC)C(O)/C=C/CCCCCCCCCCC)OC(CO)C(O)C1O. The van der Waals surface area contributed by atoms with E-state index in [1.807, 2.05) is 6.08 Å². The first-order chi connectivity index (χ1) is 35.2. The van der Waals surface area contributed by atoms with Gasteiger partial charge in [-0.3, -0.25) is 9.59 Å². The number of rotatable bonds is 48. The molecular formula is C61H107NO10. The summed E-state index contributed by atoms with van der Waals surface area (Å²) in [4.78, 5) is 26.4. The van der Waals surface area contributed by atoms with Crippen LogP contribution in [0.2, 0.25) is 0 Å². The van der Waals surface area contributed by atoms with E-state index in [0.717, 1.165) is 83.5 Å². The minimum atomic E-state index is -1.63. The van der Waals surface area contributed by atoms with Crippen molar-refractivity contribution in [1.29, 1.82) is 0 Å². The molecule has 1 rings (SSSR count). The second kappa shape index (κ2) is 49.0. The average molecular weight is 1010 g/mol. The molecule has 1 aliphatic rings. The lowest BCUT2D eigenvalue weighted by Crippen LogP contribution is -2.61. The van der Waals surface area contributed by atoms with Crippen molar-refractivity contribution >= 4 is 11.9 Å². The van der Waals surface area contributed by atoms with Crippen LogP contribution in [0.4, 0.5) is 0 Å². The summed E-state index contributed by atoms with van der Waals surface area (Å²) in [5.74, 6) is -1.25. The van der Waals surface area contributed by atoms with Crippen LogP contribution >= 0.6 is 0 Å². The maximum atomic E-state index is 13.3. The summed E-state index contributed by atoms with van der Waals surface area (Å²) in [6.07, 6.45) is 50.9. The predicted octanol–water partition coefficient (Wildman–Crippen LogP) is 13.2. The summed E-state index contributed by atoms with van der Waals surface area (Å²) < 4.78 is 17.5. The fraction of sp³-hybridized carbons (Fsp3) is 0.770. The molecule has 0 aliphatic carbocycles. The molecule has 0 aromatic carbocycles. The maximum absolute atomic E-state index is 13.3. The minimum Gasteiger partial charge on any atom is -0.454 e. The van der Waals surface area contributed by atoms with E-state index in [0.29, 0.717) is 12.8 Å². The zero-order chi connectivity index (χ0) is 52.5. The normalized spacial score (nSPS) is 20.0. The van der Waals surface area contributed by atoms with E-state index in [1.165, 1.54) is 109 Å². The van der Waals surface area contributed by atoms with Crippen molar-refractivity contribution in [1.82, 2.24) is 5.32 Å². The van der Waals surface area contributed by atoms with Crippen LogP contribution in [-0.2, 0) is 23.8 Å². The molecule has 8 atom stereocenters. The molecule has 0 bridgehead atoms. The number of allylic oxidation sites excluding steroid dienone is 11. The van der Waals surface area contributed by atoms with Crippen LogP contribution in [0.3, 0.4) is 0 Å². The van der Waals surface area contributed by atoms with Crippen molar-refractivity contribution in [2.45, 2.75) is 288 Å². The largest absolute Gasteiger partial charge is 0.454 e. The molecular weight excluding hydrogens is 907 g/mol. The van der Waals surface area contributed by atoms with Crippen molar-refractivity contribution in [2.75, 3.05) is 13.2 Å². The lowest BCUT2D eigenvalue weighted by Gasteiger charge is -2.41. The molecule has 72 heavy (non-hydrogen) atoms. The zero-order valence-electron chi connectivity index (χ0n) is 45.8. The lowest BCUT2D eigenvalue weighted by molar-refractivity contribution is -0.305. The van der Waals surface area contributed by atoms with E-state index < -0.39 is 67.4 Å². The number of aliphatic hydroxyl groups excluding tert-OH is 5. The number of nitrogens with one attached hydrogen (secondary N) is 1. The second-order valence-corrected chi connectivity index (χ2v) is 20.0. The topological polar surface area (TPSA) is 175 Å². The van der Waals surface area contributed by atoms with Gasteiger partial charge in [0.15, 0.2) is 12.4 Å². The molecule has 0 spiro atoms. The summed E-state index contributed by atoms with van der Waals surface area (Å²) in [5.41, 5.74) is 0. The number of ether oxygens (including phenoxy) is 3. The number of aliphatic hydroxyl groups is 5. The first-order valence-electron chi connectivity index (χ1n) is 29.2. The first kappa shape index (κ1) is 67.1. The fourth-order valence-electron chi connectivity index (χ4n) is 8.63. The van der Waals surface area contributed by atoms with Crippen molar-refractivity contribution in [2.24, 2.45) is 0 Å². The van der Waals surface area contributed by atoms with Crippen LogP contribution in [-0.4, -0.2) is 99.6 Å². The highest BCUT2D eigenvalue weighted by atomic mass is 16.7. The lowest BCUT2D eigenvalue weighted by atomic mass is 9.99. The van der Waals surface area contributed by atoms with Gasteiger partial charge in [-0.25, -0.2) is 0 Å². The molecule has 1 heterocycles. The molecule has 6 N–H and O–H groups in total. The van der Waals surface area contributed by atoms with Crippen LogP contribution in [0, 0.1) is 0 Å². The Labute approximate surface area is 439 Å². The van der Waals surface area contributed by atoms with E-state index in [1.54, 1.807) is 6.08 Å². The number of carbonyl (C=O) groups is 2. The minimum absolute atomic E-state index is 0.0820. The van der Waals surface area contributed by atoms with Gasteiger partial charge in [-0.1, -0.05) is 209 Å². The van der Waals surface area contributed by atoms with Crippen LogP contribution in [0.5, 0.6) is 0 Å². The third-order valence-electron chi connectivity index (χ3n) is 13.3. The van der Waals surface area contributed by atoms with E-state index in [-0.39, 0.29) is 19.4 Å². The predicted molar refractivity (Wildman–Crippen MR) is 296 cm³/mol. The van der Waals surface area contributed by atoms with Gasteiger partial charge in [0, 0.05) is 6.42 Å². The third-order valence-corrected chi connectivity index (χ3v) is 13.3. The Morgan fingerprint density at radius 1 is 0.542 bits per heavy atom. The van der Waals surface area contributed by atoms with E-state index >= 15 is 0 Å². The Balaban J connectivity index is 2.74. The van der Waals surface area contributed by atoms with Gasteiger partial charge in [0.1, 0.15) is 24.4 Å². The fourth-order valence-corrected chi connectivity index (χ4v) is 8.63. The van der Waals surface area contributed by atoms with Gasteiger partial charge in [-0.2, -0.15) is 0 Å². The number of unbranched alkanes of at least 4 members (excludes halogenated alkanes) is 24. The van der Waals surface area contributed by atoms with Gasteiger partial charge in [-0.05, 0) is 96.3 Å². The molecule has 11 nitrogen and oxygen atoms in total. The number of carbonyl (C=O) groups excluding carboxylic acids is 2. The third kappa shape index (κ3) is 36.9. The van der Waals surface area contributed by atoms with Crippen molar-refractivity contribution in [3.05, 3.63) is 72.9 Å². The van der Waals surface area contributed by atoms with Crippen molar-refractivity contribution < 1.29 is 49.3 Å². The summed E-state index contributed by atoms with van der Waals surface area (Å²) in [5, 5.41) is 56.7. The highest BCUT2D eigenvalue weighted by Crippen LogP contribution is 2.26. The van der Waals surface area contributed by atoms with Gasteiger partial charge in [0.2, 0.25) is 5.91 Å². The van der Waals surface area contributed by atoms with E-state index in [9.17, 15) is 35.1 Å². The number of hydrogen-bond acceptors (Lipinski definition) is 10. The summed E-state index contributed by atoms with van der Waals surface area (Å²) in [6, 6.07) is -1.04. The van der Waals surface area contributed by atoms with Crippen molar-refractivity contribution in [3.63, 3.8) is 0 Å². The number of amides is 1. The molecule has 1 amide bonds. The standard InChI is InChI=1S/C61H107NO10/c1-4-7-10-13-16-19-22-24-25-26-27-28-29-31-34-37-40-43-46-49-56(66)72-59-58(68)57(67)55(50-63)71-61(59)70-51-52(53(64)47-44-41-38-35-32-21-18-15-12-9-6-3)62-60(69)54(65)48-45-42-39-36-33-30-23-20-17-14-11-8-5-2/h16,19,24-25,27-28,31,33-34,36,44,47,52-55,57-59,61,63-65,67-68H,4-15,17-18,20-23,26,29-30,32,35,37-43,45-46,48-51H2,1-3H3,(H,62,69)/b19-16-,25-24-,28-27-,34-31-,36-33-,47-44+. The number of esters is 1. The highest BCUT2D eigenvalue weighted by Gasteiger charge is 2.47. The van der Waals surface area contributed by atoms with Crippen LogP contribution < -0.4 is 5.32 Å². The smallest absolute Gasteiger partial charge is 0.306 e. The Bertz CT molecular complexity index is 1440. The Morgan fingerprint density at radius 3 is 1.47 bits per heavy atom. The van der Waals surface area contributed by atoms with E-state index in [4.69, 9.17) is 14.2 Å². The molecule has 0 aromatic heterocycles. The molecule has 1 saturated heterocycles. The van der Waals surface area contributed by atoms with Gasteiger partial charge < -0.3 is 45.1 Å².